The SMILES string of the molecule is Nc1nc(NCC2CCCCC2)cc(=O)[nH]1. The third-order valence-electron chi connectivity index (χ3n) is 3.06. The molecule has 1 fully saturated rings. The van der Waals surface area contributed by atoms with Gasteiger partial charge in [-0.05, 0) is 18.8 Å². The fraction of sp³-hybridized carbons (Fsp3) is 0.636. The zero-order valence-corrected chi connectivity index (χ0v) is 9.33. The molecule has 0 radical (unpaired) electrons. The standard InChI is InChI=1S/C11H18N4O/c12-11-14-9(6-10(16)15-11)13-7-8-4-2-1-3-5-8/h6,8H,1-5,7H2,(H4,12,13,14,15,16). The van der Waals surface area contributed by atoms with Gasteiger partial charge in [0.15, 0.2) is 0 Å². The lowest BCUT2D eigenvalue weighted by atomic mass is 9.89. The van der Waals surface area contributed by atoms with E-state index < -0.39 is 0 Å². The highest BCUT2D eigenvalue weighted by Gasteiger charge is 2.13. The van der Waals surface area contributed by atoms with Gasteiger partial charge in [0, 0.05) is 12.6 Å². The molecule has 16 heavy (non-hydrogen) atoms. The molecule has 2 rings (SSSR count). The summed E-state index contributed by atoms with van der Waals surface area (Å²) in [6, 6.07) is 1.44. The second kappa shape index (κ2) is 5.01. The van der Waals surface area contributed by atoms with Crippen LogP contribution in [0.25, 0.3) is 0 Å². The number of hydrogen-bond acceptors (Lipinski definition) is 4. The van der Waals surface area contributed by atoms with Gasteiger partial charge in [-0.1, -0.05) is 19.3 Å². The minimum Gasteiger partial charge on any atom is -0.370 e. The second-order valence-electron chi connectivity index (χ2n) is 4.40. The Hall–Kier alpha value is -1.52. The Morgan fingerprint density at radius 2 is 2.19 bits per heavy atom. The summed E-state index contributed by atoms with van der Waals surface area (Å²) in [6.07, 6.45) is 6.53. The van der Waals surface area contributed by atoms with E-state index in [9.17, 15) is 4.79 Å². The predicted molar refractivity (Wildman–Crippen MR) is 64.3 cm³/mol. The molecule has 0 atom stereocenters. The summed E-state index contributed by atoms with van der Waals surface area (Å²) in [6.45, 7) is 0.885. The molecule has 0 bridgehead atoms. The lowest BCUT2D eigenvalue weighted by Crippen LogP contribution is -2.19. The number of rotatable bonds is 3. The molecule has 1 aliphatic rings. The lowest BCUT2D eigenvalue weighted by molar-refractivity contribution is 0.373. The van der Waals surface area contributed by atoms with Gasteiger partial charge in [0.25, 0.3) is 5.56 Å². The van der Waals surface area contributed by atoms with Crippen LogP contribution in [-0.2, 0) is 0 Å². The average molecular weight is 222 g/mol. The largest absolute Gasteiger partial charge is 0.370 e. The van der Waals surface area contributed by atoms with Crippen LogP contribution in [0.4, 0.5) is 11.8 Å². The van der Waals surface area contributed by atoms with E-state index in [1.54, 1.807) is 0 Å². The highest BCUT2D eigenvalue weighted by Crippen LogP contribution is 2.23. The van der Waals surface area contributed by atoms with E-state index >= 15 is 0 Å². The Bertz CT molecular complexity index is 395. The molecular formula is C11H18N4O. The van der Waals surface area contributed by atoms with Crippen molar-refractivity contribution in [3.63, 3.8) is 0 Å². The highest BCUT2D eigenvalue weighted by molar-refractivity contribution is 5.37. The van der Waals surface area contributed by atoms with Gasteiger partial charge in [-0.25, -0.2) is 0 Å². The van der Waals surface area contributed by atoms with Gasteiger partial charge in [-0.3, -0.25) is 9.78 Å². The summed E-state index contributed by atoms with van der Waals surface area (Å²) in [5.74, 6) is 1.45. The predicted octanol–water partition coefficient (Wildman–Crippen LogP) is 1.34. The number of nitrogens with two attached hydrogens (primary N) is 1. The van der Waals surface area contributed by atoms with Crippen molar-refractivity contribution in [1.82, 2.24) is 9.97 Å². The van der Waals surface area contributed by atoms with Gasteiger partial charge in [0.05, 0.1) is 0 Å². The van der Waals surface area contributed by atoms with Gasteiger partial charge in [-0.15, -0.1) is 0 Å². The van der Waals surface area contributed by atoms with Crippen molar-refractivity contribution >= 4 is 11.8 Å². The Balaban J connectivity index is 1.90. The van der Waals surface area contributed by atoms with E-state index in [1.807, 2.05) is 0 Å². The maximum Gasteiger partial charge on any atom is 0.254 e. The van der Waals surface area contributed by atoms with E-state index in [0.29, 0.717) is 11.7 Å². The van der Waals surface area contributed by atoms with Gasteiger partial charge < -0.3 is 11.1 Å². The van der Waals surface area contributed by atoms with Crippen LogP contribution in [0.5, 0.6) is 0 Å². The summed E-state index contributed by atoms with van der Waals surface area (Å²) in [5, 5.41) is 3.18. The molecule has 1 aromatic rings. The number of nitrogens with zero attached hydrogens (tertiary/aromatic N) is 1. The monoisotopic (exact) mass is 222 g/mol. The van der Waals surface area contributed by atoms with Crippen LogP contribution in [0.3, 0.4) is 0 Å². The molecule has 0 aromatic carbocycles. The van der Waals surface area contributed by atoms with Crippen LogP contribution in [0.2, 0.25) is 0 Å². The summed E-state index contributed by atoms with van der Waals surface area (Å²) in [5.41, 5.74) is 5.25. The van der Waals surface area contributed by atoms with Crippen LogP contribution >= 0.6 is 0 Å². The number of aromatic amines is 1. The van der Waals surface area contributed by atoms with Crippen molar-refractivity contribution in [1.29, 1.82) is 0 Å². The minimum absolute atomic E-state index is 0.165. The normalized spacial score (nSPS) is 17.2. The summed E-state index contributed by atoms with van der Waals surface area (Å²) in [4.78, 5) is 17.6. The summed E-state index contributed by atoms with van der Waals surface area (Å²) in [7, 11) is 0. The number of nitrogen functional groups attached to an aromatic ring is 1. The van der Waals surface area contributed by atoms with Crippen molar-refractivity contribution in [2.75, 3.05) is 17.6 Å². The van der Waals surface area contributed by atoms with E-state index in [4.69, 9.17) is 5.73 Å². The molecule has 0 aliphatic heterocycles. The first-order valence-corrected chi connectivity index (χ1v) is 5.85. The van der Waals surface area contributed by atoms with Crippen LogP contribution in [0.1, 0.15) is 32.1 Å². The van der Waals surface area contributed by atoms with E-state index in [2.05, 4.69) is 15.3 Å². The summed E-state index contributed by atoms with van der Waals surface area (Å²) < 4.78 is 0. The molecule has 5 heteroatoms. The van der Waals surface area contributed by atoms with Gasteiger partial charge in [0.2, 0.25) is 5.95 Å². The van der Waals surface area contributed by atoms with E-state index in [-0.39, 0.29) is 11.5 Å². The topological polar surface area (TPSA) is 83.8 Å². The van der Waals surface area contributed by atoms with Crippen molar-refractivity contribution in [3.8, 4) is 0 Å². The van der Waals surface area contributed by atoms with Gasteiger partial charge in [-0.2, -0.15) is 4.98 Å². The minimum atomic E-state index is -0.210. The average Bonchev–Trinajstić information content (AvgIpc) is 2.27. The first-order chi connectivity index (χ1) is 7.74. The van der Waals surface area contributed by atoms with Crippen molar-refractivity contribution in [3.05, 3.63) is 16.4 Å². The molecule has 0 amide bonds. The van der Waals surface area contributed by atoms with Crippen LogP contribution in [0, 0.1) is 5.92 Å². The fourth-order valence-electron chi connectivity index (χ4n) is 2.21. The zero-order valence-electron chi connectivity index (χ0n) is 9.33. The smallest absolute Gasteiger partial charge is 0.254 e. The maximum atomic E-state index is 11.1. The van der Waals surface area contributed by atoms with Crippen LogP contribution < -0.4 is 16.6 Å². The third-order valence-corrected chi connectivity index (χ3v) is 3.06. The molecule has 0 spiro atoms. The first-order valence-electron chi connectivity index (χ1n) is 5.85. The Kier molecular flexibility index (Phi) is 3.44. The second-order valence-corrected chi connectivity index (χ2v) is 4.40. The number of hydrogen-bond donors (Lipinski definition) is 3. The van der Waals surface area contributed by atoms with Crippen molar-refractivity contribution in [2.45, 2.75) is 32.1 Å². The van der Waals surface area contributed by atoms with E-state index in [0.717, 1.165) is 6.54 Å². The van der Waals surface area contributed by atoms with E-state index in [1.165, 1.54) is 38.2 Å². The zero-order chi connectivity index (χ0) is 11.4. The molecule has 0 unspecified atom stereocenters. The number of H-pyrrole nitrogens is 1. The van der Waals surface area contributed by atoms with Crippen molar-refractivity contribution < 1.29 is 0 Å². The summed E-state index contributed by atoms with van der Waals surface area (Å²) >= 11 is 0. The fourth-order valence-corrected chi connectivity index (χ4v) is 2.21. The lowest BCUT2D eigenvalue weighted by Gasteiger charge is -2.21. The van der Waals surface area contributed by atoms with Crippen LogP contribution in [-0.4, -0.2) is 16.5 Å². The molecule has 88 valence electrons. The number of aromatic nitrogens is 2. The molecular weight excluding hydrogens is 204 g/mol. The molecule has 4 N–H and O–H groups in total. The first kappa shape index (κ1) is 11.0. The molecule has 5 nitrogen and oxygen atoms in total. The van der Waals surface area contributed by atoms with Crippen molar-refractivity contribution in [2.24, 2.45) is 5.92 Å². The Morgan fingerprint density at radius 3 is 2.88 bits per heavy atom. The maximum absolute atomic E-state index is 11.1. The van der Waals surface area contributed by atoms with Crippen LogP contribution in [0.15, 0.2) is 10.9 Å². The molecule has 1 aliphatic carbocycles. The molecule has 1 saturated carbocycles. The molecule has 1 aromatic heterocycles. The quantitative estimate of drug-likeness (QED) is 0.720. The Labute approximate surface area is 94.5 Å². The third kappa shape index (κ3) is 2.98. The van der Waals surface area contributed by atoms with Gasteiger partial charge >= 0.3 is 0 Å². The number of anilines is 2. The molecule has 1 heterocycles. The number of nitrogens with one attached hydrogen (secondary N) is 2. The highest BCUT2D eigenvalue weighted by atomic mass is 16.1. The molecule has 0 saturated heterocycles. The Morgan fingerprint density at radius 1 is 1.44 bits per heavy atom. The van der Waals surface area contributed by atoms with Gasteiger partial charge in [0.1, 0.15) is 5.82 Å².